The van der Waals surface area contributed by atoms with Gasteiger partial charge in [0.1, 0.15) is 5.69 Å². The van der Waals surface area contributed by atoms with Gasteiger partial charge in [0.15, 0.2) is 0 Å². The molecule has 1 aromatic heterocycles. The smallest absolute Gasteiger partial charge is 0.293 e. The quantitative estimate of drug-likeness (QED) is 0.0274. The molecule has 2 aliphatic rings. The monoisotopic (exact) mass is 1050 g/mol. The molecule has 1 amide bonds. The Kier molecular flexibility index (Phi) is 17.9. The van der Waals surface area contributed by atoms with Gasteiger partial charge >= 0.3 is 0 Å². The number of thioether (sulfide) groups is 1. The van der Waals surface area contributed by atoms with Crippen LogP contribution in [0.4, 0.5) is 22.7 Å². The van der Waals surface area contributed by atoms with Crippen LogP contribution in [-0.4, -0.2) is 130 Å². The van der Waals surface area contributed by atoms with Crippen molar-refractivity contribution in [3.63, 3.8) is 0 Å². The van der Waals surface area contributed by atoms with Crippen molar-refractivity contribution in [3.8, 4) is 22.4 Å². The van der Waals surface area contributed by atoms with Gasteiger partial charge in [0.25, 0.3) is 21.6 Å². The Bertz CT molecular complexity index is 2940. The third kappa shape index (κ3) is 13.7. The minimum absolute atomic E-state index is 0.0769. The number of anilines is 3. The van der Waals surface area contributed by atoms with Crippen LogP contribution in [0.15, 0.2) is 131 Å². The van der Waals surface area contributed by atoms with Crippen molar-refractivity contribution in [2.45, 2.75) is 54.4 Å². The second kappa shape index (κ2) is 24.4. The number of carbonyl (C=O) groups excluding carboxylic acids is 1. The van der Waals surface area contributed by atoms with Crippen LogP contribution in [0.5, 0.6) is 0 Å². The number of carbonyl (C=O) groups is 1. The van der Waals surface area contributed by atoms with Crippen molar-refractivity contribution in [1.29, 1.82) is 0 Å². The van der Waals surface area contributed by atoms with Gasteiger partial charge < -0.3 is 34.8 Å². The average molecular weight is 1050 g/mol. The van der Waals surface area contributed by atoms with Gasteiger partial charge in [0.2, 0.25) is 0 Å². The largest absolute Gasteiger partial charge is 0.376 e. The van der Waals surface area contributed by atoms with Crippen LogP contribution >= 0.6 is 23.4 Å². The summed E-state index contributed by atoms with van der Waals surface area (Å²) < 4.78 is 32.2. The molecule has 3 N–H and O–H groups in total. The van der Waals surface area contributed by atoms with Crippen molar-refractivity contribution in [2.75, 3.05) is 101 Å². The fourth-order valence-electron chi connectivity index (χ4n) is 9.83. The van der Waals surface area contributed by atoms with Crippen molar-refractivity contribution in [1.82, 2.24) is 24.6 Å². The molecular weight excluding hydrogens is 978 g/mol. The summed E-state index contributed by atoms with van der Waals surface area (Å²) >= 11 is 8.02. The number of hydrogen-bond donors (Lipinski definition) is 3. The van der Waals surface area contributed by atoms with Gasteiger partial charge in [0.05, 0.1) is 21.1 Å². The third-order valence-electron chi connectivity index (χ3n) is 14.1. The van der Waals surface area contributed by atoms with Crippen LogP contribution in [0.3, 0.4) is 0 Å². The zero-order chi connectivity index (χ0) is 51.6. The summed E-state index contributed by atoms with van der Waals surface area (Å²) in [4.78, 5) is 36.2. The van der Waals surface area contributed by atoms with Crippen LogP contribution in [0.2, 0.25) is 5.02 Å². The van der Waals surface area contributed by atoms with E-state index in [1.807, 2.05) is 94.8 Å². The molecule has 0 saturated carbocycles. The first-order valence-electron chi connectivity index (χ1n) is 25.1. The lowest BCUT2D eigenvalue weighted by atomic mass is 9.89. The van der Waals surface area contributed by atoms with E-state index in [4.69, 9.17) is 11.6 Å². The lowest BCUT2D eigenvalue weighted by Gasteiger charge is -2.34. The summed E-state index contributed by atoms with van der Waals surface area (Å²) in [5.74, 6) is 0.856. The highest BCUT2D eigenvalue weighted by molar-refractivity contribution is 7.99. The minimum Gasteiger partial charge on any atom is -0.376 e. The number of likely N-dealkylation sites (N-methyl/N-ethyl adjacent to an activating group) is 1. The molecule has 5 aromatic carbocycles. The molecule has 2 saturated heterocycles. The molecule has 3 heterocycles. The number of nitrogens with one attached hydrogen (secondary N) is 3. The third-order valence-corrected chi connectivity index (χ3v) is 17.0. The van der Waals surface area contributed by atoms with Gasteiger partial charge in [-0.15, -0.1) is 11.8 Å². The Hall–Kier alpha value is -5.88. The van der Waals surface area contributed by atoms with E-state index < -0.39 is 14.9 Å². The summed E-state index contributed by atoms with van der Waals surface area (Å²) in [6, 6.07) is 37.6. The highest BCUT2D eigenvalue weighted by Crippen LogP contribution is 2.41. The number of nitrogens with zero attached hydrogens (tertiary/aromatic N) is 6. The molecule has 0 unspecified atom stereocenters. The number of benzene rings is 5. The summed E-state index contributed by atoms with van der Waals surface area (Å²) in [6.45, 7) is 10.2. The van der Waals surface area contributed by atoms with E-state index in [1.54, 1.807) is 23.9 Å². The Morgan fingerprint density at radius 3 is 2.26 bits per heavy atom. The Morgan fingerprint density at radius 2 is 1.58 bits per heavy atom. The molecule has 8 rings (SSSR count). The molecule has 6 aromatic rings. The number of sulfonamides is 1. The molecule has 386 valence electrons. The second-order valence-electron chi connectivity index (χ2n) is 19.5. The van der Waals surface area contributed by atoms with Crippen LogP contribution in [0, 0.1) is 17.0 Å². The first-order chi connectivity index (χ1) is 35.1. The van der Waals surface area contributed by atoms with Gasteiger partial charge in [-0.25, -0.2) is 8.42 Å². The van der Waals surface area contributed by atoms with Gasteiger partial charge in [-0.2, -0.15) is 0 Å². The number of rotatable bonds is 21. The SMILES string of the molecule is Cc1c(C(=O)NCCCN2CCN(C)CC2)c(-c2cccc(N3CCC(c4ccc(NS(=O)(=O)c5ccc(N[C@H](CCN(C)C)CSc6ccccc6)c([N+](=O)[O-])c5)cc4)CC3)c2)c(-c2ccc(Cl)cc2)n1C. The zero-order valence-corrected chi connectivity index (χ0v) is 44.9. The van der Waals surface area contributed by atoms with Crippen LogP contribution < -0.4 is 20.3 Å². The first-order valence-corrected chi connectivity index (χ1v) is 28.0. The van der Waals surface area contributed by atoms with Crippen molar-refractivity contribution >= 4 is 62.0 Å². The van der Waals surface area contributed by atoms with Crippen molar-refractivity contribution < 1.29 is 18.1 Å². The summed E-state index contributed by atoms with van der Waals surface area (Å²) in [7, 11) is 3.99. The molecule has 17 heteroatoms. The van der Waals surface area contributed by atoms with E-state index in [2.05, 4.69) is 70.8 Å². The standard InChI is InChI=1S/C56H68ClN9O5S2/c1-40-53(56(67)58-28-10-29-64-35-33-62(4)34-36-64)54(55(63(40)5)43-15-19-45(57)20-16-43)44-11-9-12-48(37-44)65-31-25-42(26-32-65)41-17-21-46(22-18-41)60-73(70,71)50-23-24-51(52(38-50)66(68)69)59-47(27-30-61(2)3)39-72-49-13-7-6-8-14-49/h6-9,11-24,37-38,42,47,59-60H,10,25-36,39H2,1-5H3,(H,58,67)/t47-/m1/s1. The number of aromatic nitrogens is 1. The summed E-state index contributed by atoms with van der Waals surface area (Å²) in [5, 5.41) is 19.6. The number of nitro groups is 1. The predicted octanol–water partition coefficient (Wildman–Crippen LogP) is 10.3. The van der Waals surface area contributed by atoms with Crippen molar-refractivity contribution in [2.24, 2.45) is 7.05 Å². The Balaban J connectivity index is 0.920. The average Bonchev–Trinajstić information content (AvgIpc) is 3.66. The zero-order valence-electron chi connectivity index (χ0n) is 42.5. The van der Waals surface area contributed by atoms with E-state index in [1.165, 1.54) is 12.1 Å². The molecule has 73 heavy (non-hydrogen) atoms. The number of piperidine rings is 1. The molecule has 14 nitrogen and oxygen atoms in total. The van der Waals surface area contributed by atoms with Crippen LogP contribution in [-0.2, 0) is 17.1 Å². The topological polar surface area (TPSA) is 148 Å². The lowest BCUT2D eigenvalue weighted by molar-refractivity contribution is -0.384. The van der Waals surface area contributed by atoms with Gasteiger partial charge in [0, 0.05) is 103 Å². The molecule has 0 aliphatic carbocycles. The van der Waals surface area contributed by atoms with Gasteiger partial charge in [-0.3, -0.25) is 19.6 Å². The second-order valence-corrected chi connectivity index (χ2v) is 22.7. The van der Waals surface area contributed by atoms with E-state index >= 15 is 0 Å². The molecule has 0 bridgehead atoms. The fraction of sp³-hybridized carbons (Fsp3) is 0.375. The summed E-state index contributed by atoms with van der Waals surface area (Å²) in [6.07, 6.45) is 3.40. The maximum atomic E-state index is 14.2. The number of nitro benzene ring substituents is 1. The fourth-order valence-corrected chi connectivity index (χ4v) is 12.0. The molecular formula is C56H68ClN9O5S2. The van der Waals surface area contributed by atoms with Crippen LogP contribution in [0.1, 0.15) is 53.2 Å². The van der Waals surface area contributed by atoms with Crippen molar-refractivity contribution in [3.05, 3.63) is 153 Å². The summed E-state index contributed by atoms with van der Waals surface area (Å²) in [5.41, 5.74) is 7.90. The molecule has 2 aliphatic heterocycles. The highest BCUT2D eigenvalue weighted by Gasteiger charge is 2.29. The van der Waals surface area contributed by atoms with E-state index in [0.29, 0.717) is 28.6 Å². The molecule has 1 atom stereocenters. The Labute approximate surface area is 440 Å². The normalized spacial score (nSPS) is 15.4. The number of halogens is 1. The maximum Gasteiger partial charge on any atom is 0.293 e. The number of amides is 1. The maximum absolute atomic E-state index is 14.2. The number of hydrogen-bond acceptors (Lipinski definition) is 11. The van der Waals surface area contributed by atoms with E-state index in [0.717, 1.165) is 128 Å². The van der Waals surface area contributed by atoms with E-state index in [-0.39, 0.29) is 34.1 Å². The lowest BCUT2D eigenvalue weighted by Crippen LogP contribution is -2.45. The highest BCUT2D eigenvalue weighted by atomic mass is 35.5. The molecule has 0 radical (unpaired) electrons. The van der Waals surface area contributed by atoms with Gasteiger partial charge in [-0.1, -0.05) is 66.2 Å². The van der Waals surface area contributed by atoms with Gasteiger partial charge in [-0.05, 0) is 150 Å². The van der Waals surface area contributed by atoms with E-state index in [9.17, 15) is 23.3 Å². The minimum atomic E-state index is -4.15. The van der Waals surface area contributed by atoms with Crippen LogP contribution in [0.25, 0.3) is 22.4 Å². The predicted molar refractivity (Wildman–Crippen MR) is 299 cm³/mol. The Morgan fingerprint density at radius 1 is 0.863 bits per heavy atom. The molecule has 0 spiro atoms. The molecule has 2 fully saturated rings. The first kappa shape index (κ1) is 53.4. The number of piperazine rings is 1.